The molecule has 0 radical (unpaired) electrons. The van der Waals surface area contributed by atoms with E-state index in [2.05, 4.69) is 36.5 Å². The number of nitrogens with zero attached hydrogens (tertiary/aromatic N) is 3. The van der Waals surface area contributed by atoms with Crippen LogP contribution < -0.4 is 15.5 Å². The van der Waals surface area contributed by atoms with Crippen molar-refractivity contribution in [1.82, 2.24) is 20.6 Å². The highest BCUT2D eigenvalue weighted by Crippen LogP contribution is 2.34. The molecule has 2 aromatic rings. The molecule has 126 valence electrons. The Morgan fingerprint density at radius 1 is 1.38 bits per heavy atom. The molecule has 4 rings (SSSR count). The van der Waals surface area contributed by atoms with E-state index in [9.17, 15) is 9.18 Å². The van der Waals surface area contributed by atoms with E-state index >= 15 is 0 Å². The lowest BCUT2D eigenvalue weighted by Gasteiger charge is -2.40. The van der Waals surface area contributed by atoms with Gasteiger partial charge >= 0.3 is 6.03 Å². The number of halogens is 3. The number of hydrogen-bond donors (Lipinski definition) is 2. The predicted octanol–water partition coefficient (Wildman–Crippen LogP) is 2.84. The summed E-state index contributed by atoms with van der Waals surface area (Å²) in [4.78, 5) is 22.0. The number of urea groups is 1. The molecule has 2 fully saturated rings. The van der Waals surface area contributed by atoms with Crippen LogP contribution in [0.15, 0.2) is 16.6 Å². The molecule has 2 aliphatic rings. The third-order valence-electron chi connectivity index (χ3n) is 4.55. The summed E-state index contributed by atoms with van der Waals surface area (Å²) in [6.07, 6.45) is 1.78. The third kappa shape index (κ3) is 2.57. The number of amides is 2. The first-order chi connectivity index (χ1) is 11.5. The number of piperidine rings is 1. The second-order valence-electron chi connectivity index (χ2n) is 6.19. The Labute approximate surface area is 150 Å². The van der Waals surface area contributed by atoms with Gasteiger partial charge in [-0.15, -0.1) is 0 Å². The molecule has 3 heterocycles. The average molecular weight is 415 g/mol. The number of nitrogens with one attached hydrogen (secondary N) is 2. The van der Waals surface area contributed by atoms with Crippen molar-refractivity contribution < 1.29 is 9.18 Å². The Hall–Kier alpha value is -1.67. The highest BCUT2D eigenvalue weighted by atomic mass is 79.9. The normalized spacial score (nSPS) is 23.6. The van der Waals surface area contributed by atoms with Crippen LogP contribution in [0.3, 0.4) is 0 Å². The predicted molar refractivity (Wildman–Crippen MR) is 92.9 cm³/mol. The van der Waals surface area contributed by atoms with E-state index in [1.807, 2.05) is 4.90 Å². The molecule has 0 bridgehead atoms. The van der Waals surface area contributed by atoms with Crippen molar-refractivity contribution in [2.75, 3.05) is 24.5 Å². The first kappa shape index (κ1) is 15.8. The van der Waals surface area contributed by atoms with Gasteiger partial charge in [0.25, 0.3) is 0 Å². The standard InChI is InChI=1S/C15H14BrClFN5O/c16-9-3-2-8-11(10(9)18)20-13(17)21-12(8)23-5-1-4-15(7-23)6-19-14(24)22-15/h2-3H,1,4-7H2,(H2,19,22,24). The zero-order valence-corrected chi connectivity index (χ0v) is 14.9. The van der Waals surface area contributed by atoms with Gasteiger partial charge in [0.2, 0.25) is 5.28 Å². The lowest BCUT2D eigenvalue weighted by atomic mass is 9.90. The van der Waals surface area contributed by atoms with Gasteiger partial charge in [0.05, 0.1) is 10.0 Å². The number of aromatic nitrogens is 2. The molecule has 2 amide bonds. The summed E-state index contributed by atoms with van der Waals surface area (Å²) in [5.74, 6) is 0.136. The van der Waals surface area contributed by atoms with Crippen molar-refractivity contribution in [2.45, 2.75) is 18.4 Å². The van der Waals surface area contributed by atoms with Gasteiger partial charge in [-0.1, -0.05) is 0 Å². The third-order valence-corrected chi connectivity index (χ3v) is 5.34. The highest BCUT2D eigenvalue weighted by molar-refractivity contribution is 9.10. The van der Waals surface area contributed by atoms with Gasteiger partial charge in [0.15, 0.2) is 5.82 Å². The van der Waals surface area contributed by atoms with Gasteiger partial charge in [-0.3, -0.25) is 0 Å². The van der Waals surface area contributed by atoms with E-state index in [1.54, 1.807) is 12.1 Å². The monoisotopic (exact) mass is 413 g/mol. The van der Waals surface area contributed by atoms with E-state index < -0.39 is 5.82 Å². The topological polar surface area (TPSA) is 70.2 Å². The van der Waals surface area contributed by atoms with Crippen molar-refractivity contribution in [3.8, 4) is 0 Å². The van der Waals surface area contributed by atoms with Crippen molar-refractivity contribution in [1.29, 1.82) is 0 Å². The fraction of sp³-hybridized carbons (Fsp3) is 0.400. The number of fused-ring (bicyclic) bond motifs is 1. The van der Waals surface area contributed by atoms with Crippen LogP contribution in [-0.4, -0.2) is 41.2 Å². The molecule has 2 saturated heterocycles. The van der Waals surface area contributed by atoms with E-state index in [0.717, 1.165) is 19.4 Å². The second kappa shape index (κ2) is 5.70. The Balaban J connectivity index is 1.78. The van der Waals surface area contributed by atoms with Crippen LogP contribution in [0, 0.1) is 5.82 Å². The van der Waals surface area contributed by atoms with Crippen LogP contribution in [0.25, 0.3) is 10.9 Å². The summed E-state index contributed by atoms with van der Waals surface area (Å²) in [6.45, 7) is 1.92. The summed E-state index contributed by atoms with van der Waals surface area (Å²) in [7, 11) is 0. The number of carbonyl (C=O) groups excluding carboxylic acids is 1. The van der Waals surface area contributed by atoms with Crippen LogP contribution in [0.2, 0.25) is 5.28 Å². The fourth-order valence-corrected chi connectivity index (χ4v) is 3.96. The Kier molecular flexibility index (Phi) is 3.76. The van der Waals surface area contributed by atoms with E-state index in [-0.39, 0.29) is 22.4 Å². The molecule has 1 aromatic carbocycles. The molecule has 9 heteroatoms. The molecule has 1 atom stereocenters. The Bertz CT molecular complexity index is 850. The number of carbonyl (C=O) groups is 1. The molecule has 0 aliphatic carbocycles. The Morgan fingerprint density at radius 2 is 2.21 bits per heavy atom. The second-order valence-corrected chi connectivity index (χ2v) is 7.38. The molecule has 1 spiro atoms. The molecule has 2 N–H and O–H groups in total. The summed E-state index contributed by atoms with van der Waals surface area (Å²) < 4.78 is 14.7. The number of anilines is 1. The lowest BCUT2D eigenvalue weighted by Crippen LogP contribution is -2.56. The highest BCUT2D eigenvalue weighted by Gasteiger charge is 2.41. The quantitative estimate of drug-likeness (QED) is 0.704. The summed E-state index contributed by atoms with van der Waals surface area (Å²) in [5, 5.41) is 6.43. The van der Waals surface area contributed by atoms with Crippen molar-refractivity contribution in [2.24, 2.45) is 0 Å². The van der Waals surface area contributed by atoms with Gasteiger partial charge < -0.3 is 15.5 Å². The van der Waals surface area contributed by atoms with E-state index in [0.29, 0.717) is 28.8 Å². The van der Waals surface area contributed by atoms with Crippen molar-refractivity contribution in [3.05, 3.63) is 27.7 Å². The van der Waals surface area contributed by atoms with Crippen LogP contribution in [-0.2, 0) is 0 Å². The first-order valence-electron chi connectivity index (χ1n) is 7.60. The van der Waals surface area contributed by atoms with Gasteiger partial charge in [-0.25, -0.2) is 14.2 Å². The molecule has 1 unspecified atom stereocenters. The average Bonchev–Trinajstić information content (AvgIpc) is 2.91. The van der Waals surface area contributed by atoms with Gasteiger partial charge in [0, 0.05) is 25.0 Å². The van der Waals surface area contributed by atoms with Crippen LogP contribution in [0.5, 0.6) is 0 Å². The number of hydrogen-bond acceptors (Lipinski definition) is 4. The molecular formula is C15H14BrClFN5O. The molecule has 0 saturated carbocycles. The fourth-order valence-electron chi connectivity index (χ4n) is 3.47. The lowest BCUT2D eigenvalue weighted by molar-refractivity contribution is 0.241. The summed E-state index contributed by atoms with van der Waals surface area (Å²) >= 11 is 9.20. The minimum Gasteiger partial charge on any atom is -0.354 e. The molecule has 24 heavy (non-hydrogen) atoms. The largest absolute Gasteiger partial charge is 0.354 e. The number of rotatable bonds is 1. The van der Waals surface area contributed by atoms with Crippen molar-refractivity contribution in [3.63, 3.8) is 0 Å². The molecular weight excluding hydrogens is 401 g/mol. The van der Waals surface area contributed by atoms with Crippen LogP contribution in [0.1, 0.15) is 12.8 Å². The maximum atomic E-state index is 14.4. The first-order valence-corrected chi connectivity index (χ1v) is 8.77. The van der Waals surface area contributed by atoms with E-state index in [1.165, 1.54) is 0 Å². The summed E-state index contributed by atoms with van der Waals surface area (Å²) in [5.41, 5.74) is -0.139. The zero-order valence-electron chi connectivity index (χ0n) is 12.6. The molecule has 2 aliphatic heterocycles. The number of benzene rings is 1. The maximum Gasteiger partial charge on any atom is 0.315 e. The Morgan fingerprint density at radius 3 is 2.96 bits per heavy atom. The minimum atomic E-state index is -0.458. The molecule has 1 aromatic heterocycles. The van der Waals surface area contributed by atoms with Gasteiger partial charge in [0.1, 0.15) is 11.3 Å². The van der Waals surface area contributed by atoms with Crippen LogP contribution in [0.4, 0.5) is 15.0 Å². The smallest absolute Gasteiger partial charge is 0.315 e. The van der Waals surface area contributed by atoms with Gasteiger partial charge in [-0.05, 0) is 52.5 Å². The SMILES string of the molecule is O=C1NCC2(CCCN(c3nc(Cl)nc4c(F)c(Br)ccc34)C2)N1. The van der Waals surface area contributed by atoms with Crippen LogP contribution >= 0.6 is 27.5 Å². The van der Waals surface area contributed by atoms with Gasteiger partial charge in [-0.2, -0.15) is 4.98 Å². The summed E-state index contributed by atoms with van der Waals surface area (Å²) in [6, 6.07) is 3.26. The minimum absolute atomic E-state index is 0.00251. The maximum absolute atomic E-state index is 14.4. The van der Waals surface area contributed by atoms with Crippen molar-refractivity contribution >= 4 is 50.3 Å². The molecule has 6 nitrogen and oxygen atoms in total. The zero-order chi connectivity index (χ0) is 16.9. The van der Waals surface area contributed by atoms with E-state index in [4.69, 9.17) is 11.6 Å².